The van der Waals surface area contributed by atoms with Gasteiger partial charge in [-0.2, -0.15) is 0 Å². The molecule has 0 saturated heterocycles. The molecule has 1 rings (SSSR count). The fourth-order valence-corrected chi connectivity index (χ4v) is 1.72. The molecule has 13 heavy (non-hydrogen) atoms. The van der Waals surface area contributed by atoms with Crippen molar-refractivity contribution in [3.05, 3.63) is 17.2 Å². The number of hydrogen-bond acceptors (Lipinski definition) is 4. The summed E-state index contributed by atoms with van der Waals surface area (Å²) < 4.78 is 21.3. The third kappa shape index (κ3) is 1.60. The maximum atomic E-state index is 10.6. The van der Waals surface area contributed by atoms with Crippen LogP contribution in [0.3, 0.4) is 0 Å². The summed E-state index contributed by atoms with van der Waals surface area (Å²) >= 11 is 0. The number of benzene rings is 1. The number of hydrogen-bond donors (Lipinski definition) is 3. The van der Waals surface area contributed by atoms with Gasteiger partial charge in [-0.1, -0.05) is 0 Å². The average molecular weight is 202 g/mol. The van der Waals surface area contributed by atoms with Crippen LogP contribution in [0.2, 0.25) is 0 Å². The van der Waals surface area contributed by atoms with E-state index in [0.717, 1.165) is 0 Å². The molecule has 0 bridgehead atoms. The first kappa shape index (κ1) is 9.85. The third-order valence-corrected chi connectivity index (χ3v) is 2.61. The van der Waals surface area contributed by atoms with E-state index in [-0.39, 0.29) is 22.0 Å². The molecule has 0 heterocycles. The predicted molar refractivity (Wildman–Crippen MR) is 47.8 cm³/mol. The van der Waals surface area contributed by atoms with E-state index in [1.54, 1.807) is 6.92 Å². The topological polar surface area (TPSA) is 74.6 Å². The molecule has 2 N–H and O–H groups in total. The lowest BCUT2D eigenvalue weighted by molar-refractivity contribution is 0.430. The molecule has 0 aliphatic carbocycles. The van der Waals surface area contributed by atoms with Crippen LogP contribution in [0.1, 0.15) is 11.1 Å². The van der Waals surface area contributed by atoms with E-state index in [4.69, 9.17) is 0 Å². The molecule has 0 fully saturated rings. The van der Waals surface area contributed by atoms with Gasteiger partial charge < -0.3 is 10.2 Å². The van der Waals surface area contributed by atoms with Crippen molar-refractivity contribution in [1.29, 1.82) is 0 Å². The molecular weight excluding hydrogens is 192 g/mol. The van der Waals surface area contributed by atoms with Gasteiger partial charge in [-0.25, -0.2) is 8.42 Å². The highest BCUT2D eigenvalue weighted by atomic mass is 32.2. The van der Waals surface area contributed by atoms with Crippen LogP contribution < -0.4 is 0 Å². The Morgan fingerprint density at radius 1 is 1.15 bits per heavy atom. The van der Waals surface area contributed by atoms with Crippen LogP contribution in [0.15, 0.2) is 11.0 Å². The van der Waals surface area contributed by atoms with E-state index in [9.17, 15) is 18.6 Å². The summed E-state index contributed by atoms with van der Waals surface area (Å²) in [6.45, 7) is 3.03. The fraction of sp³-hybridized carbons (Fsp3) is 0.250. The molecule has 0 aliphatic rings. The maximum absolute atomic E-state index is 10.6. The monoisotopic (exact) mass is 202 g/mol. The van der Waals surface area contributed by atoms with E-state index < -0.39 is 10.7 Å². The van der Waals surface area contributed by atoms with Gasteiger partial charge in [0.2, 0.25) is 0 Å². The minimum absolute atomic E-state index is 0.0712. The largest absolute Gasteiger partial charge is 0.507 e. The molecule has 5 heteroatoms. The smallest absolute Gasteiger partial charge is 0.171 e. The second-order valence-corrected chi connectivity index (χ2v) is 3.79. The molecule has 0 atom stereocenters. The van der Waals surface area contributed by atoms with E-state index in [1.807, 2.05) is 0 Å². The number of aryl methyl sites for hydroxylation is 1. The molecule has 0 amide bonds. The van der Waals surface area contributed by atoms with Gasteiger partial charge in [-0.05, 0) is 25.5 Å². The Kier molecular flexibility index (Phi) is 2.47. The number of thiol groups is 1. The number of phenols is 2. The summed E-state index contributed by atoms with van der Waals surface area (Å²) in [5.74, 6) is -0.447. The number of aromatic hydroxyl groups is 2. The molecule has 0 saturated carbocycles. The average Bonchev–Trinajstić information content (AvgIpc) is 2.07. The number of rotatable bonds is 1. The van der Waals surface area contributed by atoms with Crippen LogP contribution in [0.25, 0.3) is 0 Å². The van der Waals surface area contributed by atoms with Gasteiger partial charge in [0.05, 0.1) is 0 Å². The van der Waals surface area contributed by atoms with Crippen LogP contribution in [0.4, 0.5) is 0 Å². The molecule has 0 aromatic heterocycles. The first-order valence-electron chi connectivity index (χ1n) is 3.61. The number of phenolic OH excluding ortho intramolecular Hbond substituents is 2. The van der Waals surface area contributed by atoms with E-state index in [0.29, 0.717) is 5.56 Å². The Morgan fingerprint density at radius 3 is 2.15 bits per heavy atom. The van der Waals surface area contributed by atoms with Gasteiger partial charge in [0.15, 0.2) is 10.7 Å². The Morgan fingerprint density at radius 2 is 1.69 bits per heavy atom. The lowest BCUT2D eigenvalue weighted by atomic mass is 10.1. The lowest BCUT2D eigenvalue weighted by Gasteiger charge is -2.06. The minimum atomic E-state index is -2.82. The standard InChI is InChI=1S/C8H10O4S/c1-4-3-6(13(11)12)8(10)5(2)7(4)9/h3,9-10,13H,1-2H3. The van der Waals surface area contributed by atoms with E-state index >= 15 is 0 Å². The van der Waals surface area contributed by atoms with Gasteiger partial charge in [-0.3, -0.25) is 0 Å². The first-order valence-corrected chi connectivity index (χ1v) is 4.79. The highest BCUT2D eigenvalue weighted by molar-refractivity contribution is 7.72. The molecule has 1 aromatic rings. The lowest BCUT2D eigenvalue weighted by Crippen LogP contribution is -1.88. The zero-order chi connectivity index (χ0) is 10.2. The normalized spacial score (nSPS) is 10.7. The molecule has 0 spiro atoms. The second-order valence-electron chi connectivity index (χ2n) is 2.79. The first-order chi connectivity index (χ1) is 5.95. The third-order valence-electron chi connectivity index (χ3n) is 1.88. The molecular formula is C8H10O4S. The predicted octanol–water partition coefficient (Wildman–Crippen LogP) is 0.685. The van der Waals surface area contributed by atoms with E-state index in [1.165, 1.54) is 13.0 Å². The van der Waals surface area contributed by atoms with Crippen molar-refractivity contribution in [2.75, 3.05) is 0 Å². The van der Waals surface area contributed by atoms with Crippen LogP contribution in [-0.2, 0) is 10.7 Å². The fourth-order valence-electron chi connectivity index (χ4n) is 1.08. The maximum Gasteiger partial charge on any atom is 0.171 e. The van der Waals surface area contributed by atoms with E-state index in [2.05, 4.69) is 0 Å². The SMILES string of the molecule is Cc1cc([SH](=O)=O)c(O)c(C)c1O. The Bertz CT molecular complexity index is 413. The summed E-state index contributed by atoms with van der Waals surface area (Å²) in [6.07, 6.45) is 0. The van der Waals surface area contributed by atoms with Gasteiger partial charge in [-0.15, -0.1) is 0 Å². The summed E-state index contributed by atoms with van der Waals surface area (Å²) in [5, 5.41) is 18.7. The quantitative estimate of drug-likeness (QED) is 0.585. The minimum Gasteiger partial charge on any atom is -0.507 e. The highest BCUT2D eigenvalue weighted by Crippen LogP contribution is 2.33. The molecule has 0 radical (unpaired) electrons. The van der Waals surface area contributed by atoms with Crippen molar-refractivity contribution in [2.24, 2.45) is 0 Å². The van der Waals surface area contributed by atoms with Crippen molar-refractivity contribution >= 4 is 10.7 Å². The van der Waals surface area contributed by atoms with Gasteiger partial charge in [0.1, 0.15) is 16.4 Å². The van der Waals surface area contributed by atoms with Crippen LogP contribution >= 0.6 is 0 Å². The molecule has 0 aliphatic heterocycles. The van der Waals surface area contributed by atoms with Crippen molar-refractivity contribution in [2.45, 2.75) is 18.7 Å². The van der Waals surface area contributed by atoms with Crippen LogP contribution in [-0.4, -0.2) is 18.6 Å². The summed E-state index contributed by atoms with van der Waals surface area (Å²) in [7, 11) is -2.82. The summed E-state index contributed by atoms with van der Waals surface area (Å²) in [4.78, 5) is -0.150. The summed E-state index contributed by atoms with van der Waals surface area (Å²) in [6, 6.07) is 1.24. The van der Waals surface area contributed by atoms with Crippen LogP contribution in [0, 0.1) is 13.8 Å². The van der Waals surface area contributed by atoms with Gasteiger partial charge >= 0.3 is 0 Å². The molecule has 0 unspecified atom stereocenters. The van der Waals surface area contributed by atoms with Crippen molar-refractivity contribution < 1.29 is 18.6 Å². The zero-order valence-electron chi connectivity index (χ0n) is 7.24. The van der Waals surface area contributed by atoms with Crippen molar-refractivity contribution in [1.82, 2.24) is 0 Å². The summed E-state index contributed by atoms with van der Waals surface area (Å²) in [5.41, 5.74) is 0.624. The van der Waals surface area contributed by atoms with Crippen molar-refractivity contribution in [3.8, 4) is 11.5 Å². The van der Waals surface area contributed by atoms with Crippen molar-refractivity contribution in [3.63, 3.8) is 0 Å². The Balaban J connectivity index is 3.59. The Labute approximate surface area is 77.4 Å². The Hall–Kier alpha value is -1.23. The van der Waals surface area contributed by atoms with Gasteiger partial charge in [0, 0.05) is 5.56 Å². The van der Waals surface area contributed by atoms with Crippen LogP contribution in [0.5, 0.6) is 11.5 Å². The zero-order valence-corrected chi connectivity index (χ0v) is 8.13. The molecule has 72 valence electrons. The molecule has 1 aromatic carbocycles. The second kappa shape index (κ2) is 3.26. The molecule has 4 nitrogen and oxygen atoms in total. The van der Waals surface area contributed by atoms with Gasteiger partial charge in [0.25, 0.3) is 0 Å². The highest BCUT2D eigenvalue weighted by Gasteiger charge is 2.12.